The fraction of sp³-hybridized carbons (Fsp3) is 0.857. The van der Waals surface area contributed by atoms with Gasteiger partial charge in [-0.15, -0.1) is 23.4 Å². The maximum absolute atomic E-state index is 10.5. The molecule has 0 aromatic rings. The highest BCUT2D eigenvalue weighted by Crippen LogP contribution is 2.22. The van der Waals surface area contributed by atoms with Crippen molar-refractivity contribution < 1.29 is 15.0 Å². The fourth-order valence-electron chi connectivity index (χ4n) is 0.723. The van der Waals surface area contributed by atoms with Gasteiger partial charge < -0.3 is 15.0 Å². The molecule has 0 aliphatic rings. The molecule has 1 N–H and O–H groups in total. The number of carboxylic acid groups (broad SMARTS) is 1. The van der Waals surface area contributed by atoms with Crippen molar-refractivity contribution in [2.75, 3.05) is 11.6 Å². The molecule has 0 aromatic carbocycles. The van der Waals surface area contributed by atoms with Crippen molar-refractivity contribution in [3.8, 4) is 0 Å². The van der Waals surface area contributed by atoms with E-state index in [1.165, 1.54) is 13.8 Å². The number of thioether (sulfide) groups is 1. The highest BCUT2D eigenvalue weighted by Gasteiger charge is 2.27. The van der Waals surface area contributed by atoms with Crippen LogP contribution in [0.1, 0.15) is 13.8 Å². The van der Waals surface area contributed by atoms with Gasteiger partial charge in [0.1, 0.15) is 0 Å². The summed E-state index contributed by atoms with van der Waals surface area (Å²) < 4.78 is 0. The first-order valence-corrected chi connectivity index (χ1v) is 5.08. The maximum atomic E-state index is 10.5. The monoisotopic (exact) mass is 211 g/mol. The molecular formula is C7H12ClO3S-. The first-order valence-electron chi connectivity index (χ1n) is 3.50. The first kappa shape index (κ1) is 12.1. The van der Waals surface area contributed by atoms with Crippen LogP contribution in [0.5, 0.6) is 0 Å². The molecule has 0 aliphatic carbocycles. The minimum absolute atomic E-state index is 0.366. The lowest BCUT2D eigenvalue weighted by Crippen LogP contribution is -2.47. The van der Waals surface area contributed by atoms with Crippen molar-refractivity contribution >= 4 is 29.3 Å². The van der Waals surface area contributed by atoms with E-state index in [4.69, 9.17) is 11.6 Å². The summed E-state index contributed by atoms with van der Waals surface area (Å²) in [5.74, 6) is -0.396. The zero-order chi connectivity index (χ0) is 9.78. The van der Waals surface area contributed by atoms with Gasteiger partial charge in [-0.1, -0.05) is 0 Å². The smallest absolute Gasteiger partial charge is 0.0762 e. The van der Waals surface area contributed by atoms with Gasteiger partial charge in [0.05, 0.1) is 16.8 Å². The Kier molecular flexibility index (Phi) is 4.97. The van der Waals surface area contributed by atoms with E-state index in [2.05, 4.69) is 0 Å². The third-order valence-corrected chi connectivity index (χ3v) is 3.17. The number of aliphatic carboxylic acids is 1. The number of carbonyl (C=O) groups excluding carboxylic acids is 1. The van der Waals surface area contributed by atoms with E-state index < -0.39 is 16.8 Å². The van der Waals surface area contributed by atoms with Crippen LogP contribution in [-0.4, -0.2) is 33.6 Å². The van der Waals surface area contributed by atoms with Crippen molar-refractivity contribution in [1.29, 1.82) is 0 Å². The molecule has 0 aromatic heterocycles. The van der Waals surface area contributed by atoms with Crippen LogP contribution in [0.3, 0.4) is 0 Å². The van der Waals surface area contributed by atoms with Gasteiger partial charge in [0.2, 0.25) is 0 Å². The molecule has 3 nitrogen and oxygen atoms in total. The van der Waals surface area contributed by atoms with E-state index in [1.54, 1.807) is 0 Å². The average molecular weight is 212 g/mol. The van der Waals surface area contributed by atoms with Gasteiger partial charge in [-0.05, 0) is 13.8 Å². The van der Waals surface area contributed by atoms with Gasteiger partial charge in [0.15, 0.2) is 0 Å². The molecule has 0 fully saturated rings. The summed E-state index contributed by atoms with van der Waals surface area (Å²) >= 11 is 6.48. The summed E-state index contributed by atoms with van der Waals surface area (Å²) in [6.07, 6.45) is 0. The minimum Gasteiger partial charge on any atom is -0.549 e. The molecule has 0 saturated carbocycles. The molecule has 0 amide bonds. The lowest BCUT2D eigenvalue weighted by atomic mass is 10.1. The molecule has 0 spiro atoms. The van der Waals surface area contributed by atoms with Gasteiger partial charge in [0.25, 0.3) is 0 Å². The summed E-state index contributed by atoms with van der Waals surface area (Å²) in [6, 6.07) is 0. The molecule has 0 rings (SSSR count). The number of alkyl halides is 1. The second-order valence-electron chi connectivity index (χ2n) is 2.91. The lowest BCUT2D eigenvalue weighted by molar-refractivity contribution is -0.307. The molecule has 5 heteroatoms. The number of halogens is 1. The van der Waals surface area contributed by atoms with Crippen molar-refractivity contribution in [1.82, 2.24) is 0 Å². The summed E-state index contributed by atoms with van der Waals surface area (Å²) in [5, 5.41) is 19.0. The zero-order valence-electron chi connectivity index (χ0n) is 7.04. The number of carboxylic acids is 1. The number of aliphatic hydroxyl groups is 1. The number of rotatable bonds is 5. The van der Waals surface area contributed by atoms with E-state index in [0.29, 0.717) is 11.6 Å². The second-order valence-corrected chi connectivity index (χ2v) is 4.50. The molecule has 72 valence electrons. The molecule has 1 atom stereocenters. The Bertz CT molecular complexity index is 155. The molecule has 0 saturated heterocycles. The molecule has 0 aliphatic heterocycles. The topological polar surface area (TPSA) is 60.4 Å². The van der Waals surface area contributed by atoms with Crippen LogP contribution in [0.4, 0.5) is 0 Å². The van der Waals surface area contributed by atoms with Gasteiger partial charge >= 0.3 is 0 Å². The van der Waals surface area contributed by atoms with Crippen LogP contribution < -0.4 is 5.11 Å². The van der Waals surface area contributed by atoms with Gasteiger partial charge in [0, 0.05) is 11.6 Å². The van der Waals surface area contributed by atoms with E-state index in [-0.39, 0.29) is 0 Å². The van der Waals surface area contributed by atoms with Crippen molar-refractivity contribution in [3.63, 3.8) is 0 Å². The third kappa shape index (κ3) is 4.18. The Hall–Kier alpha value is 0.0700. The normalized spacial score (nSPS) is 14.3. The summed E-state index contributed by atoms with van der Waals surface area (Å²) in [7, 11) is 0. The predicted molar refractivity (Wildman–Crippen MR) is 48.3 cm³/mol. The van der Waals surface area contributed by atoms with Crippen LogP contribution in [0, 0.1) is 0 Å². The standard InChI is InChI=1S/C7H13ClO3S/c1-7(2,11)5(6(9)10)12-4-3-8/h5,11H,3-4H2,1-2H3,(H,9,10)/p-1. The lowest BCUT2D eigenvalue weighted by Gasteiger charge is -2.29. The quantitative estimate of drug-likeness (QED) is 0.643. The zero-order valence-corrected chi connectivity index (χ0v) is 8.61. The average Bonchev–Trinajstić information content (AvgIpc) is 1.84. The van der Waals surface area contributed by atoms with E-state index >= 15 is 0 Å². The third-order valence-electron chi connectivity index (χ3n) is 1.22. The van der Waals surface area contributed by atoms with E-state index in [9.17, 15) is 15.0 Å². The number of hydrogen-bond donors (Lipinski definition) is 1. The van der Waals surface area contributed by atoms with Crippen LogP contribution in [0.15, 0.2) is 0 Å². The Morgan fingerprint density at radius 3 is 2.50 bits per heavy atom. The minimum atomic E-state index is -1.27. The first-order chi connectivity index (χ1) is 5.39. The van der Waals surface area contributed by atoms with Crippen LogP contribution >= 0.6 is 23.4 Å². The highest BCUT2D eigenvalue weighted by molar-refractivity contribution is 8.00. The summed E-state index contributed by atoms with van der Waals surface area (Å²) in [4.78, 5) is 10.5. The molecule has 12 heavy (non-hydrogen) atoms. The van der Waals surface area contributed by atoms with Crippen LogP contribution in [0.25, 0.3) is 0 Å². The molecule has 0 heterocycles. The van der Waals surface area contributed by atoms with E-state index in [1.807, 2.05) is 0 Å². The van der Waals surface area contributed by atoms with Crippen LogP contribution in [0.2, 0.25) is 0 Å². The van der Waals surface area contributed by atoms with Crippen molar-refractivity contribution in [2.24, 2.45) is 0 Å². The maximum Gasteiger partial charge on any atom is 0.0762 e. The SMILES string of the molecule is CC(C)(O)C(SCCCl)C(=O)[O-]. The molecular weight excluding hydrogens is 200 g/mol. The Labute approximate surface area is 81.1 Å². The predicted octanol–water partition coefficient (Wildman–Crippen LogP) is -0.152. The van der Waals surface area contributed by atoms with Crippen LogP contribution in [-0.2, 0) is 4.79 Å². The molecule has 0 bridgehead atoms. The Balaban J connectivity index is 4.15. The van der Waals surface area contributed by atoms with Gasteiger partial charge in [-0.2, -0.15) is 0 Å². The molecule has 1 unspecified atom stereocenters. The fourth-order valence-corrected chi connectivity index (χ4v) is 1.86. The summed E-state index contributed by atoms with van der Waals surface area (Å²) in [6.45, 7) is 2.88. The number of hydrogen-bond acceptors (Lipinski definition) is 4. The van der Waals surface area contributed by atoms with Crippen molar-refractivity contribution in [3.05, 3.63) is 0 Å². The second kappa shape index (κ2) is 4.94. The van der Waals surface area contributed by atoms with Gasteiger partial charge in [-0.25, -0.2) is 0 Å². The summed E-state index contributed by atoms with van der Waals surface area (Å²) in [5.41, 5.74) is -1.27. The van der Waals surface area contributed by atoms with Gasteiger partial charge in [-0.3, -0.25) is 0 Å². The Morgan fingerprint density at radius 2 is 2.25 bits per heavy atom. The number of carbonyl (C=O) groups is 1. The highest BCUT2D eigenvalue weighted by atomic mass is 35.5. The van der Waals surface area contributed by atoms with Crippen molar-refractivity contribution in [2.45, 2.75) is 24.7 Å². The largest absolute Gasteiger partial charge is 0.549 e. The van der Waals surface area contributed by atoms with E-state index in [0.717, 1.165) is 11.8 Å². The Morgan fingerprint density at radius 1 is 1.75 bits per heavy atom. The molecule has 0 radical (unpaired) electrons.